The van der Waals surface area contributed by atoms with Crippen molar-refractivity contribution in [1.82, 2.24) is 24.8 Å². The zero-order chi connectivity index (χ0) is 12.5. The van der Waals surface area contributed by atoms with Gasteiger partial charge in [0.25, 0.3) is 5.78 Å². The van der Waals surface area contributed by atoms with Gasteiger partial charge in [-0.25, -0.2) is 0 Å². The molecule has 0 amide bonds. The minimum absolute atomic E-state index is 0.226. The van der Waals surface area contributed by atoms with Crippen LogP contribution in [0.5, 0.6) is 0 Å². The van der Waals surface area contributed by atoms with Crippen molar-refractivity contribution in [2.75, 3.05) is 6.26 Å². The van der Waals surface area contributed by atoms with Gasteiger partial charge in [-0.1, -0.05) is 17.8 Å². The summed E-state index contributed by atoms with van der Waals surface area (Å²) in [7, 11) is 0. The van der Waals surface area contributed by atoms with E-state index in [9.17, 15) is 4.79 Å². The Balaban J connectivity index is 2.27. The van der Waals surface area contributed by atoms with Gasteiger partial charge in [0.15, 0.2) is 5.16 Å². The minimum atomic E-state index is -0.288. The van der Waals surface area contributed by atoms with Crippen molar-refractivity contribution in [2.24, 2.45) is 0 Å². The molecule has 0 fully saturated rings. The normalized spacial score (nSPS) is 10.9. The molecule has 0 unspecified atom stereocenters. The van der Waals surface area contributed by atoms with Gasteiger partial charge < -0.3 is 0 Å². The Morgan fingerprint density at radius 1 is 1.28 bits per heavy atom. The predicted molar refractivity (Wildman–Crippen MR) is 64.7 cm³/mol. The average Bonchev–Trinajstić information content (AvgIpc) is 2.84. The third kappa shape index (κ3) is 1.66. The maximum absolute atomic E-state index is 12.2. The molecule has 0 spiro atoms. The molecule has 0 bridgehead atoms. The van der Waals surface area contributed by atoms with E-state index < -0.39 is 0 Å². The summed E-state index contributed by atoms with van der Waals surface area (Å²) < 4.78 is 2.90. The molecule has 0 aliphatic rings. The Morgan fingerprint density at radius 2 is 2.06 bits per heavy atom. The fourth-order valence-corrected chi connectivity index (χ4v) is 1.90. The first-order chi connectivity index (χ1) is 8.79. The van der Waals surface area contributed by atoms with Crippen LogP contribution in [0.25, 0.3) is 11.6 Å². The van der Waals surface area contributed by atoms with E-state index in [2.05, 4.69) is 20.3 Å². The quantitative estimate of drug-likeness (QED) is 0.511. The number of aromatic nitrogens is 6. The number of H-pyrrole nitrogens is 1. The van der Waals surface area contributed by atoms with Crippen molar-refractivity contribution in [3.8, 4) is 5.82 Å². The van der Waals surface area contributed by atoms with Gasteiger partial charge in [0.1, 0.15) is 0 Å². The highest BCUT2D eigenvalue weighted by atomic mass is 32.2. The Bertz CT molecular complexity index is 750. The number of thioether (sulfide) groups is 1. The van der Waals surface area contributed by atoms with Crippen molar-refractivity contribution >= 4 is 17.5 Å². The summed E-state index contributed by atoms with van der Waals surface area (Å²) in [5.74, 6) is 0.494. The van der Waals surface area contributed by atoms with E-state index in [1.807, 2.05) is 24.5 Å². The van der Waals surface area contributed by atoms with Gasteiger partial charge in [-0.2, -0.15) is 14.1 Å². The van der Waals surface area contributed by atoms with Gasteiger partial charge in [-0.3, -0.25) is 9.89 Å². The summed E-state index contributed by atoms with van der Waals surface area (Å²) in [6.45, 7) is 0. The first-order valence-electron chi connectivity index (χ1n) is 5.16. The van der Waals surface area contributed by atoms with Crippen molar-refractivity contribution in [2.45, 2.75) is 5.16 Å². The van der Waals surface area contributed by atoms with Crippen LogP contribution in [-0.4, -0.2) is 31.1 Å². The van der Waals surface area contributed by atoms with E-state index in [4.69, 9.17) is 0 Å². The largest absolute Gasteiger partial charge is 0.422 e. The number of hydrogen-bond acceptors (Lipinski definition) is 5. The van der Waals surface area contributed by atoms with E-state index in [-0.39, 0.29) is 17.2 Å². The summed E-state index contributed by atoms with van der Waals surface area (Å²) in [6, 6.07) is 5.49. The highest BCUT2D eigenvalue weighted by Crippen LogP contribution is 2.07. The topological polar surface area (TPSA) is 79.8 Å². The lowest BCUT2D eigenvalue weighted by molar-refractivity contribution is -0.601. The van der Waals surface area contributed by atoms with Crippen molar-refractivity contribution in [3.05, 3.63) is 40.9 Å². The predicted octanol–water partition coefficient (Wildman–Crippen LogP) is -0.189. The monoisotopic (exact) mass is 261 g/mol. The molecule has 18 heavy (non-hydrogen) atoms. The molecule has 0 saturated carbocycles. The highest BCUT2D eigenvalue weighted by molar-refractivity contribution is 7.98. The van der Waals surface area contributed by atoms with E-state index in [0.29, 0.717) is 5.16 Å². The van der Waals surface area contributed by atoms with Gasteiger partial charge in [-0.15, -0.1) is 0 Å². The fraction of sp³-hybridized carbons (Fsp3) is 0.100. The maximum Gasteiger partial charge on any atom is 0.422 e. The van der Waals surface area contributed by atoms with Crippen LogP contribution < -0.4 is 10.1 Å². The molecule has 0 atom stereocenters. The molecule has 0 aliphatic carbocycles. The zero-order valence-corrected chi connectivity index (χ0v) is 10.3. The molecular formula is C10H9N6OS+. The number of rotatable bonds is 2. The number of fused-ring (bicyclic) bond motifs is 1. The van der Waals surface area contributed by atoms with Crippen LogP contribution in [-0.2, 0) is 0 Å². The summed E-state index contributed by atoms with van der Waals surface area (Å²) in [6.07, 6.45) is 5.34. The van der Waals surface area contributed by atoms with Crippen LogP contribution in [0, 0.1) is 0 Å². The molecule has 1 N–H and O–H groups in total. The summed E-state index contributed by atoms with van der Waals surface area (Å²) in [4.78, 5) is 16.3. The Kier molecular flexibility index (Phi) is 2.56. The van der Waals surface area contributed by atoms with Gasteiger partial charge in [0, 0.05) is 5.10 Å². The second kappa shape index (κ2) is 4.22. The van der Waals surface area contributed by atoms with Crippen molar-refractivity contribution < 1.29 is 4.57 Å². The van der Waals surface area contributed by atoms with E-state index in [1.165, 1.54) is 16.3 Å². The summed E-state index contributed by atoms with van der Waals surface area (Å²) in [5, 5.41) is 11.3. The molecule has 8 heteroatoms. The molecule has 0 aromatic carbocycles. The molecule has 3 rings (SSSR count). The molecule has 3 aromatic heterocycles. The molecule has 0 radical (unpaired) electrons. The number of pyridine rings is 1. The van der Waals surface area contributed by atoms with Gasteiger partial charge in [0.2, 0.25) is 0 Å². The van der Waals surface area contributed by atoms with Crippen LogP contribution in [0.3, 0.4) is 0 Å². The van der Waals surface area contributed by atoms with Gasteiger partial charge in [0.05, 0.1) is 17.5 Å². The third-order valence-electron chi connectivity index (χ3n) is 2.39. The van der Waals surface area contributed by atoms with Gasteiger partial charge in [-0.05, 0) is 18.4 Å². The minimum Gasteiger partial charge on any atom is -0.266 e. The lowest BCUT2D eigenvalue weighted by atomic mass is 10.5. The van der Waals surface area contributed by atoms with Crippen LogP contribution in [0.4, 0.5) is 0 Å². The first kappa shape index (κ1) is 10.9. The average molecular weight is 261 g/mol. The summed E-state index contributed by atoms with van der Waals surface area (Å²) in [5.41, 5.74) is -0.288. The molecule has 0 aliphatic heterocycles. The van der Waals surface area contributed by atoms with Crippen molar-refractivity contribution in [3.63, 3.8) is 0 Å². The number of hydrogen-bond donors (Lipinski definition) is 1. The Labute approximate surface area is 106 Å². The van der Waals surface area contributed by atoms with Crippen molar-refractivity contribution in [1.29, 1.82) is 0 Å². The van der Waals surface area contributed by atoms with Gasteiger partial charge >= 0.3 is 11.4 Å². The smallest absolute Gasteiger partial charge is 0.266 e. The van der Waals surface area contributed by atoms with Crippen LogP contribution in [0.1, 0.15) is 0 Å². The second-order valence-electron chi connectivity index (χ2n) is 3.48. The van der Waals surface area contributed by atoms with E-state index in [0.717, 1.165) is 0 Å². The van der Waals surface area contributed by atoms with Crippen LogP contribution >= 0.6 is 11.8 Å². The number of aromatic amines is 1. The number of nitrogens with one attached hydrogen (secondary N) is 1. The van der Waals surface area contributed by atoms with Crippen LogP contribution in [0.2, 0.25) is 0 Å². The maximum atomic E-state index is 12.2. The fourth-order valence-electron chi connectivity index (χ4n) is 1.55. The number of nitrogens with zero attached hydrogens (tertiary/aromatic N) is 5. The molecule has 3 aromatic rings. The molecule has 3 heterocycles. The SMILES string of the molecule is CSc1nc2nnc(-[n+]3ccccc3)c(=O)n2[nH]1. The molecule has 0 saturated heterocycles. The van der Waals surface area contributed by atoms with Crippen LogP contribution in [0.15, 0.2) is 40.5 Å². The Morgan fingerprint density at radius 3 is 2.78 bits per heavy atom. The molecule has 90 valence electrons. The van der Waals surface area contributed by atoms with E-state index >= 15 is 0 Å². The second-order valence-corrected chi connectivity index (χ2v) is 4.27. The first-order valence-corrected chi connectivity index (χ1v) is 6.38. The zero-order valence-electron chi connectivity index (χ0n) is 9.44. The third-order valence-corrected chi connectivity index (χ3v) is 2.96. The standard InChI is InChI=1S/C10H8N6OS/c1-18-10-11-9-13-12-7(8(17)16(9)14-10)15-5-3-2-4-6-15/h2-6H,1H3/p+1. The molecule has 7 nitrogen and oxygen atoms in total. The summed E-state index contributed by atoms with van der Waals surface area (Å²) >= 11 is 1.40. The van der Waals surface area contributed by atoms with E-state index in [1.54, 1.807) is 17.0 Å². The lowest BCUT2D eigenvalue weighted by Gasteiger charge is -1.92. The Hall–Kier alpha value is -2.22. The molecular weight excluding hydrogens is 252 g/mol. The lowest BCUT2D eigenvalue weighted by Crippen LogP contribution is -2.40. The highest BCUT2D eigenvalue weighted by Gasteiger charge is 2.19.